The third-order valence-corrected chi connectivity index (χ3v) is 6.47. The first-order valence-electron chi connectivity index (χ1n) is 9.04. The Morgan fingerprint density at radius 2 is 2.00 bits per heavy atom. The number of rotatable bonds is 5. The molecule has 0 saturated carbocycles. The predicted octanol–water partition coefficient (Wildman–Crippen LogP) is 4.79. The number of nitrogens with zero attached hydrogens (tertiary/aromatic N) is 2. The van der Waals surface area contributed by atoms with Crippen molar-refractivity contribution >= 4 is 46.4 Å². The first-order valence-corrected chi connectivity index (χ1v) is 10.7. The van der Waals surface area contributed by atoms with Gasteiger partial charge in [-0.2, -0.15) is 0 Å². The molecule has 27 heavy (non-hydrogen) atoms. The molecular weight excluding hydrogens is 403 g/mol. The van der Waals surface area contributed by atoms with Crippen LogP contribution >= 0.6 is 34.5 Å². The Balaban J connectivity index is 1.96. The van der Waals surface area contributed by atoms with Crippen LogP contribution in [0.25, 0.3) is 0 Å². The van der Waals surface area contributed by atoms with Crippen molar-refractivity contribution in [2.45, 2.75) is 32.7 Å². The monoisotopic (exact) mass is 424 g/mol. The quantitative estimate of drug-likeness (QED) is 0.691. The van der Waals surface area contributed by atoms with Crippen LogP contribution in [0.4, 0.5) is 0 Å². The molecule has 0 saturated heterocycles. The van der Waals surface area contributed by atoms with Gasteiger partial charge in [-0.1, -0.05) is 36.2 Å². The molecule has 1 aliphatic rings. The van der Waals surface area contributed by atoms with Crippen LogP contribution in [0.15, 0.2) is 29.6 Å². The molecule has 0 spiro atoms. The smallest absolute Gasteiger partial charge is 0.242 e. The first-order chi connectivity index (χ1) is 13.0. The Morgan fingerprint density at radius 3 is 2.67 bits per heavy atom. The van der Waals surface area contributed by atoms with Gasteiger partial charge in [-0.15, -0.1) is 11.3 Å². The van der Waals surface area contributed by atoms with Gasteiger partial charge < -0.3 is 9.80 Å². The van der Waals surface area contributed by atoms with E-state index >= 15 is 0 Å². The minimum Gasteiger partial charge on any atom is -0.334 e. The van der Waals surface area contributed by atoms with Crippen molar-refractivity contribution in [3.8, 4) is 0 Å². The summed E-state index contributed by atoms with van der Waals surface area (Å²) in [5.74, 6) is -0.0772. The summed E-state index contributed by atoms with van der Waals surface area (Å²) in [5.41, 5.74) is 1.97. The van der Waals surface area contributed by atoms with Gasteiger partial charge in [0, 0.05) is 34.4 Å². The molecule has 0 aliphatic carbocycles. The van der Waals surface area contributed by atoms with Crippen molar-refractivity contribution in [3.05, 3.63) is 55.7 Å². The zero-order chi connectivity index (χ0) is 19.6. The van der Waals surface area contributed by atoms with Crippen LogP contribution in [0, 0.1) is 0 Å². The topological polar surface area (TPSA) is 40.6 Å². The van der Waals surface area contributed by atoms with E-state index in [1.807, 2.05) is 24.8 Å². The molecule has 1 aliphatic heterocycles. The molecule has 1 atom stereocenters. The summed E-state index contributed by atoms with van der Waals surface area (Å²) in [4.78, 5) is 29.9. The molecule has 2 aromatic rings. The molecule has 2 amide bonds. The number of benzene rings is 1. The number of carbonyl (C=O) groups excluding carboxylic acids is 2. The van der Waals surface area contributed by atoms with E-state index < -0.39 is 0 Å². The van der Waals surface area contributed by atoms with Gasteiger partial charge in [-0.05, 0) is 48.1 Å². The standard InChI is InChI=1S/C20H22Cl2N2O2S/c1-3-18(25)23(4-2)12-19(26)24-9-7-17-15(8-10-27-17)20(24)14-6-5-13(21)11-16(14)22/h5-6,8,10-11,20H,3-4,7,9,12H2,1-2H3. The largest absolute Gasteiger partial charge is 0.334 e. The van der Waals surface area contributed by atoms with Crippen molar-refractivity contribution in [2.75, 3.05) is 19.6 Å². The van der Waals surface area contributed by atoms with Gasteiger partial charge in [-0.25, -0.2) is 0 Å². The van der Waals surface area contributed by atoms with E-state index in [0.29, 0.717) is 29.6 Å². The SMILES string of the molecule is CCC(=O)N(CC)CC(=O)N1CCc2sccc2C1c1ccc(Cl)cc1Cl. The highest BCUT2D eigenvalue weighted by Gasteiger charge is 2.34. The average Bonchev–Trinajstić information content (AvgIpc) is 3.13. The summed E-state index contributed by atoms with van der Waals surface area (Å²) >= 11 is 14.3. The number of thiophene rings is 1. The van der Waals surface area contributed by atoms with Gasteiger partial charge in [0.2, 0.25) is 11.8 Å². The predicted molar refractivity (Wildman–Crippen MR) is 111 cm³/mol. The van der Waals surface area contributed by atoms with Crippen LogP contribution < -0.4 is 0 Å². The van der Waals surface area contributed by atoms with Crippen molar-refractivity contribution in [1.82, 2.24) is 9.80 Å². The average molecular weight is 425 g/mol. The van der Waals surface area contributed by atoms with E-state index in [0.717, 1.165) is 17.5 Å². The lowest BCUT2D eigenvalue weighted by Gasteiger charge is -2.38. The van der Waals surface area contributed by atoms with Crippen LogP contribution in [0.2, 0.25) is 10.0 Å². The molecule has 7 heteroatoms. The third kappa shape index (κ3) is 4.15. The fourth-order valence-electron chi connectivity index (χ4n) is 3.50. The van der Waals surface area contributed by atoms with Crippen LogP contribution in [0.1, 0.15) is 42.3 Å². The number of carbonyl (C=O) groups is 2. The first kappa shape index (κ1) is 20.2. The summed E-state index contributed by atoms with van der Waals surface area (Å²) in [6, 6.07) is 7.19. The molecule has 0 fully saturated rings. The molecule has 4 nitrogen and oxygen atoms in total. The van der Waals surface area contributed by atoms with E-state index in [4.69, 9.17) is 23.2 Å². The molecule has 0 N–H and O–H groups in total. The van der Waals surface area contributed by atoms with Gasteiger partial charge in [0.15, 0.2) is 0 Å². The van der Waals surface area contributed by atoms with E-state index in [2.05, 4.69) is 11.4 Å². The second kappa shape index (κ2) is 8.63. The number of likely N-dealkylation sites (N-methyl/N-ethyl adjacent to an activating group) is 1. The second-order valence-electron chi connectivity index (χ2n) is 6.47. The van der Waals surface area contributed by atoms with Crippen LogP contribution in [0.3, 0.4) is 0 Å². The Morgan fingerprint density at radius 1 is 1.22 bits per heavy atom. The van der Waals surface area contributed by atoms with Crippen LogP contribution in [0.5, 0.6) is 0 Å². The van der Waals surface area contributed by atoms with Gasteiger partial charge in [0.05, 0.1) is 12.6 Å². The normalized spacial score (nSPS) is 16.1. The van der Waals surface area contributed by atoms with E-state index in [1.165, 1.54) is 4.88 Å². The number of hydrogen-bond donors (Lipinski definition) is 0. The van der Waals surface area contributed by atoms with Gasteiger partial charge in [0.25, 0.3) is 0 Å². The van der Waals surface area contributed by atoms with Crippen molar-refractivity contribution < 1.29 is 9.59 Å². The Hall–Kier alpha value is -1.56. The highest BCUT2D eigenvalue weighted by Crippen LogP contribution is 2.41. The molecule has 2 heterocycles. The molecule has 0 bridgehead atoms. The molecule has 0 radical (unpaired) electrons. The molecule has 1 unspecified atom stereocenters. The molecule has 1 aromatic carbocycles. The van der Waals surface area contributed by atoms with Crippen LogP contribution in [-0.4, -0.2) is 41.2 Å². The lowest BCUT2D eigenvalue weighted by molar-refractivity contribution is -0.141. The van der Waals surface area contributed by atoms with Crippen molar-refractivity contribution in [2.24, 2.45) is 0 Å². The summed E-state index contributed by atoms with van der Waals surface area (Å²) in [6.07, 6.45) is 1.20. The number of fused-ring (bicyclic) bond motifs is 1. The second-order valence-corrected chi connectivity index (χ2v) is 8.31. The number of amides is 2. The Kier molecular flexibility index (Phi) is 6.45. The van der Waals surface area contributed by atoms with E-state index in [9.17, 15) is 9.59 Å². The summed E-state index contributed by atoms with van der Waals surface area (Å²) in [6.45, 7) is 4.91. The molecule has 1 aromatic heterocycles. The Bertz CT molecular complexity index is 852. The summed E-state index contributed by atoms with van der Waals surface area (Å²) in [7, 11) is 0. The zero-order valence-electron chi connectivity index (χ0n) is 15.4. The van der Waals surface area contributed by atoms with Crippen molar-refractivity contribution in [3.63, 3.8) is 0 Å². The van der Waals surface area contributed by atoms with Gasteiger partial charge in [-0.3, -0.25) is 9.59 Å². The lowest BCUT2D eigenvalue weighted by Crippen LogP contribution is -2.46. The fourth-order valence-corrected chi connectivity index (χ4v) is 4.91. The highest BCUT2D eigenvalue weighted by atomic mass is 35.5. The minimum absolute atomic E-state index is 0.0137. The van der Waals surface area contributed by atoms with Crippen LogP contribution in [-0.2, 0) is 16.0 Å². The van der Waals surface area contributed by atoms with E-state index in [-0.39, 0.29) is 24.4 Å². The fraction of sp³-hybridized carbons (Fsp3) is 0.400. The summed E-state index contributed by atoms with van der Waals surface area (Å²) < 4.78 is 0. The highest BCUT2D eigenvalue weighted by molar-refractivity contribution is 7.10. The lowest BCUT2D eigenvalue weighted by atomic mass is 9.93. The van der Waals surface area contributed by atoms with Gasteiger partial charge in [0.1, 0.15) is 0 Å². The van der Waals surface area contributed by atoms with E-state index in [1.54, 1.807) is 28.4 Å². The summed E-state index contributed by atoms with van der Waals surface area (Å²) in [5, 5.41) is 3.16. The number of hydrogen-bond acceptors (Lipinski definition) is 3. The molecule has 3 rings (SSSR count). The number of halogens is 2. The van der Waals surface area contributed by atoms with Gasteiger partial charge >= 0.3 is 0 Å². The molecular formula is C20H22Cl2N2O2S. The Labute approximate surface area is 173 Å². The maximum absolute atomic E-state index is 13.1. The molecule has 144 valence electrons. The van der Waals surface area contributed by atoms with Crippen molar-refractivity contribution in [1.29, 1.82) is 0 Å². The maximum Gasteiger partial charge on any atom is 0.242 e. The maximum atomic E-state index is 13.1. The third-order valence-electron chi connectivity index (χ3n) is 4.91. The minimum atomic E-state index is -0.257. The zero-order valence-corrected chi connectivity index (χ0v) is 17.7.